The van der Waals surface area contributed by atoms with E-state index in [2.05, 4.69) is 52.7 Å². The van der Waals surface area contributed by atoms with Crippen LogP contribution in [0.1, 0.15) is 11.1 Å². The lowest BCUT2D eigenvalue weighted by molar-refractivity contribution is 0.355. The Labute approximate surface area is 168 Å². The molecule has 0 unspecified atom stereocenters. The summed E-state index contributed by atoms with van der Waals surface area (Å²) < 4.78 is 10.8. The molecule has 28 heavy (non-hydrogen) atoms. The molecule has 0 saturated carbocycles. The standard InChI is InChI=1S/C22H21N3O2S/c1-13-5-7-17(14(2)9-13)25-21-20-16(11-28-22(20)24-12-23-21)15-6-8-18(26-3)19(10-15)27-4/h5-12H,1-4H3,(H,23,24,25). The molecule has 4 aromatic rings. The number of aryl methyl sites for hydroxylation is 2. The molecule has 0 radical (unpaired) electrons. The summed E-state index contributed by atoms with van der Waals surface area (Å²) >= 11 is 1.60. The maximum absolute atomic E-state index is 5.47. The Bertz CT molecular complexity index is 1150. The molecule has 5 nitrogen and oxygen atoms in total. The number of nitrogens with zero attached hydrogens (tertiary/aromatic N) is 2. The first-order valence-electron chi connectivity index (χ1n) is 8.89. The number of hydrogen-bond donors (Lipinski definition) is 1. The number of nitrogens with one attached hydrogen (secondary N) is 1. The molecule has 0 fully saturated rings. The minimum atomic E-state index is 0.695. The minimum Gasteiger partial charge on any atom is -0.493 e. The van der Waals surface area contributed by atoms with Crippen LogP contribution < -0.4 is 14.8 Å². The van der Waals surface area contributed by atoms with Crippen LogP contribution in [-0.4, -0.2) is 24.2 Å². The number of hydrogen-bond acceptors (Lipinski definition) is 6. The first kappa shape index (κ1) is 18.3. The molecule has 2 aromatic carbocycles. The largest absolute Gasteiger partial charge is 0.493 e. The lowest BCUT2D eigenvalue weighted by Gasteiger charge is -2.12. The van der Waals surface area contributed by atoms with Crippen molar-refractivity contribution in [1.29, 1.82) is 0 Å². The van der Waals surface area contributed by atoms with Crippen LogP contribution in [0.3, 0.4) is 0 Å². The number of aromatic nitrogens is 2. The maximum atomic E-state index is 5.47. The molecule has 4 rings (SSSR count). The predicted octanol–water partition coefficient (Wildman–Crippen LogP) is 5.74. The molecule has 0 bridgehead atoms. The van der Waals surface area contributed by atoms with Crippen molar-refractivity contribution < 1.29 is 9.47 Å². The summed E-state index contributed by atoms with van der Waals surface area (Å²) in [5.41, 5.74) is 5.54. The van der Waals surface area contributed by atoms with E-state index in [0.717, 1.165) is 32.8 Å². The number of ether oxygens (including phenoxy) is 2. The molecule has 0 saturated heterocycles. The van der Waals surface area contributed by atoms with Crippen molar-refractivity contribution in [2.24, 2.45) is 0 Å². The molecule has 0 amide bonds. The fraction of sp³-hybridized carbons (Fsp3) is 0.182. The summed E-state index contributed by atoms with van der Waals surface area (Å²) in [6.07, 6.45) is 1.60. The van der Waals surface area contributed by atoms with E-state index in [1.807, 2.05) is 18.2 Å². The summed E-state index contributed by atoms with van der Waals surface area (Å²) in [5.74, 6) is 2.19. The van der Waals surface area contributed by atoms with Crippen LogP contribution >= 0.6 is 11.3 Å². The summed E-state index contributed by atoms with van der Waals surface area (Å²) in [6.45, 7) is 4.18. The lowest BCUT2D eigenvalue weighted by Crippen LogP contribution is -1.98. The smallest absolute Gasteiger partial charge is 0.161 e. The van der Waals surface area contributed by atoms with Crippen LogP contribution in [0.2, 0.25) is 0 Å². The van der Waals surface area contributed by atoms with Gasteiger partial charge in [-0.1, -0.05) is 23.8 Å². The van der Waals surface area contributed by atoms with Crippen molar-refractivity contribution in [2.45, 2.75) is 13.8 Å². The van der Waals surface area contributed by atoms with Crippen LogP contribution in [0, 0.1) is 13.8 Å². The third-order valence-corrected chi connectivity index (χ3v) is 5.59. The van der Waals surface area contributed by atoms with Gasteiger partial charge in [-0.15, -0.1) is 11.3 Å². The van der Waals surface area contributed by atoms with Crippen molar-refractivity contribution in [3.05, 3.63) is 59.2 Å². The fourth-order valence-electron chi connectivity index (χ4n) is 3.27. The molecule has 0 spiro atoms. The second-order valence-electron chi connectivity index (χ2n) is 6.56. The summed E-state index contributed by atoms with van der Waals surface area (Å²) in [4.78, 5) is 9.92. The molecule has 0 aliphatic heterocycles. The van der Waals surface area contributed by atoms with Gasteiger partial charge < -0.3 is 14.8 Å². The van der Waals surface area contributed by atoms with Gasteiger partial charge in [0.15, 0.2) is 11.5 Å². The zero-order chi connectivity index (χ0) is 19.7. The van der Waals surface area contributed by atoms with Gasteiger partial charge in [-0.3, -0.25) is 0 Å². The van der Waals surface area contributed by atoms with Gasteiger partial charge in [-0.25, -0.2) is 9.97 Å². The third kappa shape index (κ3) is 3.27. The Hall–Kier alpha value is -3.12. The predicted molar refractivity (Wildman–Crippen MR) is 115 cm³/mol. The third-order valence-electron chi connectivity index (χ3n) is 4.70. The van der Waals surface area contributed by atoms with Crippen molar-refractivity contribution >= 4 is 33.1 Å². The van der Waals surface area contributed by atoms with E-state index in [1.165, 1.54) is 11.1 Å². The number of benzene rings is 2. The van der Waals surface area contributed by atoms with Gasteiger partial charge in [0.1, 0.15) is 17.0 Å². The molecule has 2 heterocycles. The highest BCUT2D eigenvalue weighted by Crippen LogP contribution is 2.40. The van der Waals surface area contributed by atoms with Gasteiger partial charge in [0.25, 0.3) is 0 Å². The van der Waals surface area contributed by atoms with Crippen molar-refractivity contribution in [1.82, 2.24) is 9.97 Å². The SMILES string of the molecule is COc1ccc(-c2csc3ncnc(Nc4ccc(C)cc4C)c23)cc1OC. The molecule has 0 aliphatic rings. The van der Waals surface area contributed by atoms with Gasteiger partial charge in [-0.2, -0.15) is 0 Å². The minimum absolute atomic E-state index is 0.695. The Morgan fingerprint density at radius 2 is 1.75 bits per heavy atom. The van der Waals surface area contributed by atoms with E-state index >= 15 is 0 Å². The van der Waals surface area contributed by atoms with E-state index < -0.39 is 0 Å². The first-order chi connectivity index (χ1) is 13.6. The second kappa shape index (κ2) is 7.48. The van der Waals surface area contributed by atoms with Crippen LogP contribution in [0.5, 0.6) is 11.5 Å². The normalized spacial score (nSPS) is 10.9. The number of rotatable bonds is 5. The van der Waals surface area contributed by atoms with Crippen LogP contribution in [-0.2, 0) is 0 Å². The van der Waals surface area contributed by atoms with E-state index in [1.54, 1.807) is 31.9 Å². The zero-order valence-electron chi connectivity index (χ0n) is 16.2. The van der Waals surface area contributed by atoms with Gasteiger partial charge in [0.2, 0.25) is 0 Å². The summed E-state index contributed by atoms with van der Waals surface area (Å²) in [7, 11) is 3.28. The first-order valence-corrected chi connectivity index (χ1v) is 9.77. The van der Waals surface area contributed by atoms with E-state index in [-0.39, 0.29) is 0 Å². The maximum Gasteiger partial charge on any atom is 0.161 e. The fourth-order valence-corrected chi connectivity index (χ4v) is 4.18. The molecular weight excluding hydrogens is 370 g/mol. The quantitative estimate of drug-likeness (QED) is 0.470. The highest BCUT2D eigenvalue weighted by molar-refractivity contribution is 7.17. The van der Waals surface area contributed by atoms with Gasteiger partial charge >= 0.3 is 0 Å². The number of thiophene rings is 1. The van der Waals surface area contributed by atoms with E-state index in [4.69, 9.17) is 9.47 Å². The van der Waals surface area contributed by atoms with Gasteiger partial charge in [0, 0.05) is 16.6 Å². The Kier molecular flexibility index (Phi) is 4.88. The van der Waals surface area contributed by atoms with Gasteiger partial charge in [-0.05, 0) is 43.2 Å². The van der Waals surface area contributed by atoms with E-state index in [0.29, 0.717) is 11.5 Å². The van der Waals surface area contributed by atoms with Crippen LogP contribution in [0.15, 0.2) is 48.1 Å². The topological polar surface area (TPSA) is 56.3 Å². The Morgan fingerprint density at radius 1 is 0.929 bits per heavy atom. The monoisotopic (exact) mass is 391 g/mol. The summed E-state index contributed by atoms with van der Waals surface area (Å²) in [6, 6.07) is 12.3. The van der Waals surface area contributed by atoms with Gasteiger partial charge in [0.05, 0.1) is 19.6 Å². The number of methoxy groups -OCH3 is 2. The Morgan fingerprint density at radius 3 is 2.50 bits per heavy atom. The molecule has 0 aliphatic carbocycles. The van der Waals surface area contributed by atoms with Crippen LogP contribution in [0.25, 0.3) is 21.3 Å². The molecule has 6 heteroatoms. The number of fused-ring (bicyclic) bond motifs is 1. The average Bonchev–Trinajstić information content (AvgIpc) is 3.14. The zero-order valence-corrected chi connectivity index (χ0v) is 17.1. The van der Waals surface area contributed by atoms with Crippen molar-refractivity contribution in [2.75, 3.05) is 19.5 Å². The molecular formula is C22H21N3O2S. The van der Waals surface area contributed by atoms with E-state index in [9.17, 15) is 0 Å². The van der Waals surface area contributed by atoms with Crippen molar-refractivity contribution in [3.8, 4) is 22.6 Å². The summed E-state index contributed by atoms with van der Waals surface area (Å²) in [5, 5.41) is 6.59. The lowest BCUT2D eigenvalue weighted by atomic mass is 10.0. The number of anilines is 2. The molecule has 0 atom stereocenters. The Balaban J connectivity index is 1.83. The highest BCUT2D eigenvalue weighted by atomic mass is 32.1. The van der Waals surface area contributed by atoms with Crippen LogP contribution in [0.4, 0.5) is 11.5 Å². The second-order valence-corrected chi connectivity index (χ2v) is 7.42. The van der Waals surface area contributed by atoms with Crippen molar-refractivity contribution in [3.63, 3.8) is 0 Å². The molecule has 2 aromatic heterocycles. The molecule has 142 valence electrons. The highest BCUT2D eigenvalue weighted by Gasteiger charge is 2.15. The molecule has 1 N–H and O–H groups in total. The average molecular weight is 391 g/mol.